The molecule has 0 amide bonds. The van der Waals surface area contributed by atoms with Crippen LogP contribution in [0.15, 0.2) is 36.7 Å². The SMILES string of the molecule is Cl.Cn1cc(CN2CCNc3ccccc32)cn1. The molecule has 1 aliphatic rings. The number of halogens is 1. The molecule has 1 aromatic carbocycles. The average molecular weight is 265 g/mol. The molecule has 2 heterocycles. The van der Waals surface area contributed by atoms with Crippen LogP contribution in [-0.4, -0.2) is 22.9 Å². The molecular weight excluding hydrogens is 248 g/mol. The summed E-state index contributed by atoms with van der Waals surface area (Å²) in [6.07, 6.45) is 4.01. The van der Waals surface area contributed by atoms with Gasteiger partial charge in [-0.2, -0.15) is 5.10 Å². The van der Waals surface area contributed by atoms with Crippen molar-refractivity contribution in [1.29, 1.82) is 0 Å². The molecule has 18 heavy (non-hydrogen) atoms. The molecule has 3 rings (SSSR count). The predicted octanol–water partition coefficient (Wildman–Crippen LogP) is 2.27. The maximum Gasteiger partial charge on any atom is 0.0605 e. The zero-order chi connectivity index (χ0) is 11.7. The van der Waals surface area contributed by atoms with Crippen molar-refractivity contribution in [1.82, 2.24) is 9.78 Å². The van der Waals surface area contributed by atoms with Crippen molar-refractivity contribution in [2.24, 2.45) is 7.05 Å². The van der Waals surface area contributed by atoms with Crippen molar-refractivity contribution in [3.05, 3.63) is 42.2 Å². The summed E-state index contributed by atoms with van der Waals surface area (Å²) in [5.74, 6) is 0. The number of nitrogens with zero attached hydrogens (tertiary/aromatic N) is 3. The Balaban J connectivity index is 0.00000120. The highest BCUT2D eigenvalue weighted by atomic mass is 35.5. The van der Waals surface area contributed by atoms with Crippen LogP contribution in [0, 0.1) is 0 Å². The monoisotopic (exact) mass is 264 g/mol. The number of hydrogen-bond acceptors (Lipinski definition) is 3. The molecule has 1 aromatic heterocycles. The van der Waals surface area contributed by atoms with Gasteiger partial charge in [0.15, 0.2) is 0 Å². The number of nitrogens with one attached hydrogen (secondary N) is 1. The first-order valence-electron chi connectivity index (χ1n) is 5.88. The quantitative estimate of drug-likeness (QED) is 0.903. The topological polar surface area (TPSA) is 33.1 Å². The lowest BCUT2D eigenvalue weighted by Gasteiger charge is -2.31. The van der Waals surface area contributed by atoms with Gasteiger partial charge in [-0.25, -0.2) is 0 Å². The van der Waals surface area contributed by atoms with Crippen LogP contribution in [0.4, 0.5) is 11.4 Å². The van der Waals surface area contributed by atoms with Crippen molar-refractivity contribution >= 4 is 23.8 Å². The van der Waals surface area contributed by atoms with Gasteiger partial charge in [-0.05, 0) is 12.1 Å². The number of para-hydroxylation sites is 2. The summed E-state index contributed by atoms with van der Waals surface area (Å²) in [6.45, 7) is 2.95. The minimum atomic E-state index is 0. The van der Waals surface area contributed by atoms with Crippen molar-refractivity contribution < 1.29 is 0 Å². The third-order valence-electron chi connectivity index (χ3n) is 3.07. The largest absolute Gasteiger partial charge is 0.382 e. The molecule has 0 aliphatic carbocycles. The average Bonchev–Trinajstić information content (AvgIpc) is 2.75. The minimum absolute atomic E-state index is 0. The molecular formula is C13H17ClN4. The van der Waals surface area contributed by atoms with E-state index in [1.165, 1.54) is 16.9 Å². The van der Waals surface area contributed by atoms with Gasteiger partial charge in [-0.1, -0.05) is 12.1 Å². The second-order valence-electron chi connectivity index (χ2n) is 4.39. The fourth-order valence-electron chi connectivity index (χ4n) is 2.28. The molecule has 2 aromatic rings. The van der Waals surface area contributed by atoms with Crippen molar-refractivity contribution in [2.75, 3.05) is 23.3 Å². The summed E-state index contributed by atoms with van der Waals surface area (Å²) in [7, 11) is 1.95. The standard InChI is InChI=1S/C13H16N4.ClH/c1-16-9-11(8-15-16)10-17-7-6-14-12-4-2-3-5-13(12)17;/h2-5,8-9,14H,6-7,10H2,1H3;1H. The molecule has 0 saturated heterocycles. The highest BCUT2D eigenvalue weighted by molar-refractivity contribution is 5.85. The molecule has 0 unspecified atom stereocenters. The lowest BCUT2D eigenvalue weighted by Crippen LogP contribution is -2.33. The first-order chi connectivity index (χ1) is 8.33. The van der Waals surface area contributed by atoms with Crippen molar-refractivity contribution in [2.45, 2.75) is 6.54 Å². The highest BCUT2D eigenvalue weighted by Gasteiger charge is 2.16. The van der Waals surface area contributed by atoms with E-state index in [9.17, 15) is 0 Å². The molecule has 5 heteroatoms. The van der Waals surface area contributed by atoms with Gasteiger partial charge in [-0.15, -0.1) is 12.4 Å². The summed E-state index contributed by atoms with van der Waals surface area (Å²) < 4.78 is 1.85. The molecule has 1 aliphatic heterocycles. The van der Waals surface area contributed by atoms with E-state index < -0.39 is 0 Å². The molecule has 0 fully saturated rings. The number of aromatic nitrogens is 2. The van der Waals surface area contributed by atoms with E-state index in [0.29, 0.717) is 0 Å². The fraction of sp³-hybridized carbons (Fsp3) is 0.308. The Kier molecular flexibility index (Phi) is 3.77. The minimum Gasteiger partial charge on any atom is -0.382 e. The van der Waals surface area contributed by atoms with E-state index in [-0.39, 0.29) is 12.4 Å². The first kappa shape index (κ1) is 12.8. The summed E-state index contributed by atoms with van der Waals surface area (Å²) in [6, 6.07) is 8.45. The van der Waals surface area contributed by atoms with E-state index in [2.05, 4.69) is 45.8 Å². The van der Waals surface area contributed by atoms with Crippen LogP contribution >= 0.6 is 12.4 Å². The number of hydrogen-bond donors (Lipinski definition) is 1. The van der Waals surface area contributed by atoms with Gasteiger partial charge in [0.2, 0.25) is 0 Å². The lowest BCUT2D eigenvalue weighted by molar-refractivity contribution is 0.762. The smallest absolute Gasteiger partial charge is 0.0605 e. The van der Waals surface area contributed by atoms with E-state index in [0.717, 1.165) is 19.6 Å². The number of fused-ring (bicyclic) bond motifs is 1. The molecule has 1 N–H and O–H groups in total. The van der Waals surface area contributed by atoms with Crippen LogP contribution in [0.3, 0.4) is 0 Å². The van der Waals surface area contributed by atoms with Gasteiger partial charge in [0, 0.05) is 38.4 Å². The van der Waals surface area contributed by atoms with Crippen LogP contribution in [0.2, 0.25) is 0 Å². The van der Waals surface area contributed by atoms with Gasteiger partial charge in [0.25, 0.3) is 0 Å². The van der Waals surface area contributed by atoms with Crippen LogP contribution in [0.1, 0.15) is 5.56 Å². The number of anilines is 2. The Morgan fingerprint density at radius 2 is 2.17 bits per heavy atom. The third kappa shape index (κ3) is 2.43. The van der Waals surface area contributed by atoms with E-state index in [4.69, 9.17) is 0 Å². The van der Waals surface area contributed by atoms with Crippen LogP contribution < -0.4 is 10.2 Å². The van der Waals surface area contributed by atoms with E-state index in [1.54, 1.807) is 0 Å². The Morgan fingerprint density at radius 1 is 1.33 bits per heavy atom. The Hall–Kier alpha value is -1.68. The second-order valence-corrected chi connectivity index (χ2v) is 4.39. The number of rotatable bonds is 2. The van der Waals surface area contributed by atoms with Crippen LogP contribution in [-0.2, 0) is 13.6 Å². The van der Waals surface area contributed by atoms with E-state index >= 15 is 0 Å². The van der Waals surface area contributed by atoms with Crippen molar-refractivity contribution in [3.63, 3.8) is 0 Å². The van der Waals surface area contributed by atoms with Gasteiger partial charge in [-0.3, -0.25) is 4.68 Å². The molecule has 0 bridgehead atoms. The van der Waals surface area contributed by atoms with Gasteiger partial charge in [0.1, 0.15) is 0 Å². The number of aryl methyl sites for hydroxylation is 1. The molecule has 96 valence electrons. The van der Waals surface area contributed by atoms with Crippen LogP contribution in [0.5, 0.6) is 0 Å². The zero-order valence-corrected chi connectivity index (χ0v) is 11.2. The van der Waals surface area contributed by atoms with Gasteiger partial charge in [0.05, 0.1) is 17.6 Å². The highest BCUT2D eigenvalue weighted by Crippen LogP contribution is 2.29. The summed E-state index contributed by atoms with van der Waals surface area (Å²) in [4.78, 5) is 2.39. The first-order valence-corrected chi connectivity index (χ1v) is 5.88. The summed E-state index contributed by atoms with van der Waals surface area (Å²) >= 11 is 0. The predicted molar refractivity (Wildman–Crippen MR) is 76.4 cm³/mol. The lowest BCUT2D eigenvalue weighted by atomic mass is 10.2. The summed E-state index contributed by atoms with van der Waals surface area (Å²) in [5.41, 5.74) is 3.76. The zero-order valence-electron chi connectivity index (χ0n) is 10.3. The summed E-state index contributed by atoms with van der Waals surface area (Å²) in [5, 5.41) is 7.63. The van der Waals surface area contributed by atoms with Crippen LogP contribution in [0.25, 0.3) is 0 Å². The molecule has 0 saturated carbocycles. The van der Waals surface area contributed by atoms with E-state index in [1.807, 2.05) is 17.9 Å². The van der Waals surface area contributed by atoms with Gasteiger partial charge >= 0.3 is 0 Å². The van der Waals surface area contributed by atoms with Gasteiger partial charge < -0.3 is 10.2 Å². The molecule has 0 atom stereocenters. The Morgan fingerprint density at radius 3 is 2.94 bits per heavy atom. The Labute approximate surface area is 113 Å². The fourth-order valence-corrected chi connectivity index (χ4v) is 2.28. The normalized spacial score (nSPS) is 13.5. The molecule has 4 nitrogen and oxygen atoms in total. The molecule has 0 spiro atoms. The second kappa shape index (κ2) is 5.31. The maximum atomic E-state index is 4.21. The number of benzene rings is 1. The maximum absolute atomic E-state index is 4.21. The third-order valence-corrected chi connectivity index (χ3v) is 3.07. The Bertz CT molecular complexity index is 523. The van der Waals surface area contributed by atoms with Crippen molar-refractivity contribution in [3.8, 4) is 0 Å². The molecule has 0 radical (unpaired) electrons.